The number of ether oxygens (including phenoxy) is 2. The van der Waals surface area contributed by atoms with Crippen LogP contribution in [0.1, 0.15) is 28.8 Å². The van der Waals surface area contributed by atoms with Crippen LogP contribution in [0.3, 0.4) is 0 Å². The Kier molecular flexibility index (Phi) is 5.77. The SMILES string of the molecule is COc1cc(C(=O)O)ccc1CCNC(=O)C1CCCOC1. The summed E-state index contributed by atoms with van der Waals surface area (Å²) in [6, 6.07) is 4.75. The van der Waals surface area contributed by atoms with Gasteiger partial charge >= 0.3 is 5.97 Å². The predicted octanol–water partition coefficient (Wildman–Crippen LogP) is 1.48. The van der Waals surface area contributed by atoms with Crippen molar-refractivity contribution in [3.8, 4) is 5.75 Å². The van der Waals surface area contributed by atoms with Crippen LogP contribution in [0, 0.1) is 5.92 Å². The maximum Gasteiger partial charge on any atom is 0.335 e. The fourth-order valence-corrected chi connectivity index (χ4v) is 2.50. The Balaban J connectivity index is 1.88. The van der Waals surface area contributed by atoms with E-state index in [1.165, 1.54) is 19.2 Å². The summed E-state index contributed by atoms with van der Waals surface area (Å²) < 4.78 is 10.5. The number of carbonyl (C=O) groups excluding carboxylic acids is 1. The van der Waals surface area contributed by atoms with E-state index in [0.717, 1.165) is 25.0 Å². The van der Waals surface area contributed by atoms with Gasteiger partial charge in [0.05, 0.1) is 25.2 Å². The van der Waals surface area contributed by atoms with Crippen LogP contribution in [0.15, 0.2) is 18.2 Å². The molecule has 1 aliphatic heterocycles. The van der Waals surface area contributed by atoms with Gasteiger partial charge in [-0.1, -0.05) is 6.07 Å². The number of methoxy groups -OCH3 is 1. The molecule has 0 bridgehead atoms. The lowest BCUT2D eigenvalue weighted by Gasteiger charge is -2.21. The Morgan fingerprint density at radius 1 is 1.45 bits per heavy atom. The number of hydrogen-bond acceptors (Lipinski definition) is 4. The number of hydrogen-bond donors (Lipinski definition) is 2. The monoisotopic (exact) mass is 307 g/mol. The molecule has 1 fully saturated rings. The highest BCUT2D eigenvalue weighted by atomic mass is 16.5. The topological polar surface area (TPSA) is 84.9 Å². The molecule has 0 spiro atoms. The summed E-state index contributed by atoms with van der Waals surface area (Å²) in [4.78, 5) is 22.9. The number of rotatable bonds is 6. The Hall–Kier alpha value is -2.08. The minimum atomic E-state index is -0.990. The van der Waals surface area contributed by atoms with Gasteiger partial charge in [-0.05, 0) is 37.0 Å². The molecule has 1 saturated heterocycles. The summed E-state index contributed by atoms with van der Waals surface area (Å²) >= 11 is 0. The second-order valence-electron chi connectivity index (χ2n) is 5.29. The maximum absolute atomic E-state index is 12.0. The number of carbonyl (C=O) groups is 2. The normalized spacial score (nSPS) is 17.8. The van der Waals surface area contributed by atoms with Gasteiger partial charge in [0.15, 0.2) is 0 Å². The quantitative estimate of drug-likeness (QED) is 0.831. The lowest BCUT2D eigenvalue weighted by Crippen LogP contribution is -2.36. The van der Waals surface area contributed by atoms with Gasteiger partial charge in [-0.3, -0.25) is 4.79 Å². The second-order valence-corrected chi connectivity index (χ2v) is 5.29. The van der Waals surface area contributed by atoms with Crippen LogP contribution in [0.25, 0.3) is 0 Å². The van der Waals surface area contributed by atoms with Gasteiger partial charge in [0.1, 0.15) is 5.75 Å². The Morgan fingerprint density at radius 3 is 2.91 bits per heavy atom. The fourth-order valence-electron chi connectivity index (χ4n) is 2.50. The zero-order valence-electron chi connectivity index (χ0n) is 12.6. The summed E-state index contributed by atoms with van der Waals surface area (Å²) in [7, 11) is 1.50. The first kappa shape index (κ1) is 16.3. The molecule has 2 N–H and O–H groups in total. The number of carboxylic acids is 1. The minimum Gasteiger partial charge on any atom is -0.496 e. The van der Waals surface area contributed by atoms with E-state index in [2.05, 4.69) is 5.32 Å². The van der Waals surface area contributed by atoms with Crippen molar-refractivity contribution in [2.45, 2.75) is 19.3 Å². The van der Waals surface area contributed by atoms with E-state index in [1.54, 1.807) is 6.07 Å². The van der Waals surface area contributed by atoms with Crippen molar-refractivity contribution in [1.82, 2.24) is 5.32 Å². The van der Waals surface area contributed by atoms with Gasteiger partial charge in [-0.15, -0.1) is 0 Å². The van der Waals surface area contributed by atoms with Crippen molar-refractivity contribution in [2.75, 3.05) is 26.9 Å². The van der Waals surface area contributed by atoms with Gasteiger partial charge < -0.3 is 19.9 Å². The van der Waals surface area contributed by atoms with Crippen LogP contribution >= 0.6 is 0 Å². The van der Waals surface area contributed by atoms with Crippen LogP contribution in [0.4, 0.5) is 0 Å². The van der Waals surface area contributed by atoms with Crippen molar-refractivity contribution < 1.29 is 24.2 Å². The molecule has 1 heterocycles. The summed E-state index contributed by atoms with van der Waals surface area (Å²) in [6.07, 6.45) is 2.37. The van der Waals surface area contributed by atoms with E-state index in [0.29, 0.717) is 25.3 Å². The highest BCUT2D eigenvalue weighted by molar-refractivity contribution is 5.88. The van der Waals surface area contributed by atoms with E-state index in [4.69, 9.17) is 14.6 Å². The summed E-state index contributed by atoms with van der Waals surface area (Å²) in [5.41, 5.74) is 1.05. The summed E-state index contributed by atoms with van der Waals surface area (Å²) in [5, 5.41) is 11.9. The first-order chi connectivity index (χ1) is 10.6. The number of aromatic carboxylic acids is 1. The van der Waals surface area contributed by atoms with Gasteiger partial charge in [0.2, 0.25) is 5.91 Å². The Morgan fingerprint density at radius 2 is 2.27 bits per heavy atom. The molecule has 0 radical (unpaired) electrons. The molecule has 1 aliphatic rings. The maximum atomic E-state index is 12.0. The molecule has 120 valence electrons. The third-order valence-electron chi connectivity index (χ3n) is 3.76. The molecule has 1 aromatic carbocycles. The highest BCUT2D eigenvalue weighted by Gasteiger charge is 2.21. The smallest absolute Gasteiger partial charge is 0.335 e. The van der Waals surface area contributed by atoms with Crippen LogP contribution in [-0.4, -0.2) is 43.9 Å². The standard InChI is InChI=1S/C16H21NO5/c1-21-14-9-12(16(19)20)5-4-11(14)6-7-17-15(18)13-3-2-8-22-10-13/h4-5,9,13H,2-3,6-8,10H2,1H3,(H,17,18)(H,19,20). The summed E-state index contributed by atoms with van der Waals surface area (Å²) in [6.45, 7) is 1.71. The van der Waals surface area contributed by atoms with Crippen molar-refractivity contribution in [2.24, 2.45) is 5.92 Å². The van der Waals surface area contributed by atoms with Gasteiger partial charge in [-0.2, -0.15) is 0 Å². The van der Waals surface area contributed by atoms with Gasteiger partial charge in [-0.25, -0.2) is 4.79 Å². The number of carboxylic acid groups (broad SMARTS) is 1. The molecule has 6 nitrogen and oxygen atoms in total. The number of amides is 1. The second kappa shape index (κ2) is 7.79. The first-order valence-electron chi connectivity index (χ1n) is 7.37. The van der Waals surface area contributed by atoms with Crippen molar-refractivity contribution >= 4 is 11.9 Å². The van der Waals surface area contributed by atoms with Crippen LogP contribution in [0.2, 0.25) is 0 Å². The van der Waals surface area contributed by atoms with Gasteiger partial charge in [0.25, 0.3) is 0 Å². The van der Waals surface area contributed by atoms with Crippen LogP contribution in [0.5, 0.6) is 5.75 Å². The lowest BCUT2D eigenvalue weighted by atomic mass is 10.0. The predicted molar refractivity (Wildman–Crippen MR) is 80.2 cm³/mol. The molecule has 1 aromatic rings. The molecular formula is C16H21NO5. The Labute approximate surface area is 129 Å². The summed E-state index contributed by atoms with van der Waals surface area (Å²) in [5.74, 6) is -0.517. The number of nitrogens with one attached hydrogen (secondary N) is 1. The molecular weight excluding hydrogens is 286 g/mol. The largest absolute Gasteiger partial charge is 0.496 e. The molecule has 2 rings (SSSR count). The fraction of sp³-hybridized carbons (Fsp3) is 0.500. The third-order valence-corrected chi connectivity index (χ3v) is 3.76. The van der Waals surface area contributed by atoms with E-state index in [1.807, 2.05) is 0 Å². The number of benzene rings is 1. The molecule has 0 aromatic heterocycles. The Bertz CT molecular complexity index is 537. The molecule has 1 atom stereocenters. The zero-order valence-corrected chi connectivity index (χ0v) is 12.6. The molecule has 1 amide bonds. The van der Waals surface area contributed by atoms with Crippen molar-refractivity contribution in [1.29, 1.82) is 0 Å². The van der Waals surface area contributed by atoms with E-state index >= 15 is 0 Å². The van der Waals surface area contributed by atoms with Crippen molar-refractivity contribution in [3.63, 3.8) is 0 Å². The minimum absolute atomic E-state index is 0.0147. The molecule has 1 unspecified atom stereocenters. The van der Waals surface area contributed by atoms with Crippen LogP contribution < -0.4 is 10.1 Å². The third kappa shape index (κ3) is 4.21. The molecule has 0 aliphatic carbocycles. The molecule has 0 saturated carbocycles. The van der Waals surface area contributed by atoms with Crippen molar-refractivity contribution in [3.05, 3.63) is 29.3 Å². The van der Waals surface area contributed by atoms with E-state index < -0.39 is 5.97 Å². The van der Waals surface area contributed by atoms with E-state index in [-0.39, 0.29) is 17.4 Å². The average Bonchev–Trinajstić information content (AvgIpc) is 2.55. The molecule has 6 heteroatoms. The molecule has 22 heavy (non-hydrogen) atoms. The average molecular weight is 307 g/mol. The first-order valence-corrected chi connectivity index (χ1v) is 7.37. The van der Waals surface area contributed by atoms with Gasteiger partial charge in [0, 0.05) is 13.2 Å². The van der Waals surface area contributed by atoms with Crippen LogP contribution in [-0.2, 0) is 16.0 Å². The lowest BCUT2D eigenvalue weighted by molar-refractivity contribution is -0.128. The zero-order chi connectivity index (χ0) is 15.9. The highest BCUT2D eigenvalue weighted by Crippen LogP contribution is 2.21. The van der Waals surface area contributed by atoms with E-state index in [9.17, 15) is 9.59 Å².